The van der Waals surface area contributed by atoms with Crippen molar-refractivity contribution in [2.75, 3.05) is 13.1 Å². The van der Waals surface area contributed by atoms with Gasteiger partial charge in [-0.25, -0.2) is 0 Å². The van der Waals surface area contributed by atoms with Gasteiger partial charge in [0.25, 0.3) is 5.56 Å². The standard InChI is InChI=1S/C24H22N2O2S/c27-24-15-19(28-16-17-4-2-1-3-5-17)10-13-26(24)18-6-7-20-21-8-11-25-12-9-22(21)29-23(20)14-18/h1-7,10,13-15,25H,8-9,11-12,16H2. The topological polar surface area (TPSA) is 43.3 Å². The van der Waals surface area contributed by atoms with Crippen LogP contribution in [0.5, 0.6) is 5.75 Å². The Morgan fingerprint density at radius 3 is 2.72 bits per heavy atom. The second-order valence-corrected chi connectivity index (χ2v) is 8.42. The van der Waals surface area contributed by atoms with Crippen LogP contribution in [0.2, 0.25) is 0 Å². The summed E-state index contributed by atoms with van der Waals surface area (Å²) in [5.74, 6) is 0.589. The molecule has 1 aliphatic rings. The van der Waals surface area contributed by atoms with Gasteiger partial charge in [-0.1, -0.05) is 36.4 Å². The summed E-state index contributed by atoms with van der Waals surface area (Å²) in [6.45, 7) is 2.52. The van der Waals surface area contributed by atoms with E-state index in [9.17, 15) is 4.79 Å². The lowest BCUT2D eigenvalue weighted by molar-refractivity contribution is 0.305. The van der Waals surface area contributed by atoms with Crippen LogP contribution in [-0.2, 0) is 19.4 Å². The second-order valence-electron chi connectivity index (χ2n) is 7.28. The van der Waals surface area contributed by atoms with Crippen LogP contribution in [0.25, 0.3) is 15.8 Å². The van der Waals surface area contributed by atoms with Crippen LogP contribution in [-0.4, -0.2) is 17.7 Å². The molecular formula is C24H22N2O2S. The van der Waals surface area contributed by atoms with E-state index < -0.39 is 0 Å². The van der Waals surface area contributed by atoms with Gasteiger partial charge in [0, 0.05) is 21.8 Å². The normalized spacial score (nSPS) is 13.8. The predicted molar refractivity (Wildman–Crippen MR) is 118 cm³/mol. The molecule has 2 aromatic carbocycles. The zero-order valence-electron chi connectivity index (χ0n) is 16.1. The molecule has 2 aromatic heterocycles. The summed E-state index contributed by atoms with van der Waals surface area (Å²) < 4.78 is 8.72. The summed E-state index contributed by atoms with van der Waals surface area (Å²) in [5, 5.41) is 4.79. The molecule has 4 aromatic rings. The van der Waals surface area contributed by atoms with Crippen molar-refractivity contribution < 1.29 is 4.74 Å². The highest BCUT2D eigenvalue weighted by Crippen LogP contribution is 2.34. The van der Waals surface area contributed by atoms with Crippen LogP contribution in [0.1, 0.15) is 16.0 Å². The highest BCUT2D eigenvalue weighted by molar-refractivity contribution is 7.19. The highest BCUT2D eigenvalue weighted by atomic mass is 32.1. The lowest BCUT2D eigenvalue weighted by Crippen LogP contribution is -2.16. The zero-order chi connectivity index (χ0) is 19.6. The van der Waals surface area contributed by atoms with Crippen LogP contribution in [0.15, 0.2) is 71.7 Å². The summed E-state index contributed by atoms with van der Waals surface area (Å²) in [4.78, 5) is 14.2. The molecule has 3 heterocycles. The van der Waals surface area contributed by atoms with Gasteiger partial charge in [-0.3, -0.25) is 9.36 Å². The first-order valence-electron chi connectivity index (χ1n) is 9.93. The lowest BCUT2D eigenvalue weighted by Gasteiger charge is -2.09. The highest BCUT2D eigenvalue weighted by Gasteiger charge is 2.15. The Labute approximate surface area is 173 Å². The monoisotopic (exact) mass is 402 g/mol. The van der Waals surface area contributed by atoms with Crippen LogP contribution in [0, 0.1) is 0 Å². The number of thiophene rings is 1. The first-order chi connectivity index (χ1) is 14.3. The Balaban J connectivity index is 1.41. The van der Waals surface area contributed by atoms with Gasteiger partial charge in [-0.2, -0.15) is 0 Å². The van der Waals surface area contributed by atoms with Crippen LogP contribution < -0.4 is 15.6 Å². The molecule has 0 amide bonds. The van der Waals surface area contributed by atoms with Gasteiger partial charge in [0.05, 0.1) is 5.69 Å². The molecule has 0 saturated carbocycles. The molecule has 0 unspecified atom stereocenters. The van der Waals surface area contributed by atoms with Crippen molar-refractivity contribution in [2.45, 2.75) is 19.4 Å². The number of nitrogens with zero attached hydrogens (tertiary/aromatic N) is 1. The first-order valence-corrected chi connectivity index (χ1v) is 10.7. The summed E-state index contributed by atoms with van der Waals surface area (Å²) in [7, 11) is 0. The molecule has 1 aliphatic heterocycles. The summed E-state index contributed by atoms with van der Waals surface area (Å²) in [6.07, 6.45) is 3.95. The Hall–Kier alpha value is -2.89. The number of nitrogens with one attached hydrogen (secondary N) is 1. The number of pyridine rings is 1. The molecule has 0 spiro atoms. The number of fused-ring (bicyclic) bond motifs is 3. The smallest absolute Gasteiger partial charge is 0.258 e. The first kappa shape index (κ1) is 18.2. The number of rotatable bonds is 4. The zero-order valence-corrected chi connectivity index (χ0v) is 16.9. The molecule has 0 radical (unpaired) electrons. The Bertz CT molecular complexity index is 1210. The maximum Gasteiger partial charge on any atom is 0.258 e. The van der Waals surface area contributed by atoms with E-state index >= 15 is 0 Å². The third kappa shape index (κ3) is 3.71. The third-order valence-electron chi connectivity index (χ3n) is 5.36. The quantitative estimate of drug-likeness (QED) is 0.553. The van der Waals surface area contributed by atoms with Crippen LogP contribution in [0.3, 0.4) is 0 Å². The predicted octanol–water partition coefficient (Wildman–Crippen LogP) is 4.32. The van der Waals surface area contributed by atoms with E-state index in [-0.39, 0.29) is 5.56 Å². The maximum absolute atomic E-state index is 12.7. The Morgan fingerprint density at radius 2 is 1.86 bits per heavy atom. The van der Waals surface area contributed by atoms with E-state index in [0.717, 1.165) is 37.2 Å². The number of aromatic nitrogens is 1. The van der Waals surface area contributed by atoms with Crippen LogP contribution in [0.4, 0.5) is 0 Å². The molecule has 146 valence electrons. The molecule has 5 rings (SSSR count). The van der Waals surface area contributed by atoms with Crippen molar-refractivity contribution in [1.82, 2.24) is 9.88 Å². The molecule has 0 aliphatic carbocycles. The molecule has 29 heavy (non-hydrogen) atoms. The summed E-state index contributed by atoms with van der Waals surface area (Å²) >= 11 is 1.86. The Morgan fingerprint density at radius 1 is 1.00 bits per heavy atom. The van der Waals surface area contributed by atoms with E-state index in [1.807, 2.05) is 53.8 Å². The minimum Gasteiger partial charge on any atom is -0.489 e. The van der Waals surface area contributed by atoms with Gasteiger partial charge in [-0.15, -0.1) is 11.3 Å². The van der Waals surface area contributed by atoms with Crippen molar-refractivity contribution in [3.63, 3.8) is 0 Å². The molecule has 0 fully saturated rings. The van der Waals surface area contributed by atoms with Crippen molar-refractivity contribution in [3.05, 3.63) is 93.2 Å². The van der Waals surface area contributed by atoms with Crippen molar-refractivity contribution in [2.24, 2.45) is 0 Å². The summed E-state index contributed by atoms with van der Waals surface area (Å²) in [6, 6.07) is 19.7. The fourth-order valence-electron chi connectivity index (χ4n) is 3.86. The molecule has 4 nitrogen and oxygen atoms in total. The number of hydrogen-bond donors (Lipinski definition) is 1. The SMILES string of the molecule is O=c1cc(OCc2ccccc2)ccn1-c1ccc2c3c(sc2c1)CCNCC3. The summed E-state index contributed by atoms with van der Waals surface area (Å²) in [5.41, 5.74) is 3.36. The lowest BCUT2D eigenvalue weighted by atomic mass is 10.1. The Kier molecular flexibility index (Phi) is 4.92. The maximum atomic E-state index is 12.7. The van der Waals surface area contributed by atoms with Gasteiger partial charge in [0.2, 0.25) is 0 Å². The van der Waals surface area contributed by atoms with Gasteiger partial charge in [0.1, 0.15) is 12.4 Å². The minimum atomic E-state index is -0.0859. The van der Waals surface area contributed by atoms with E-state index in [1.54, 1.807) is 16.8 Å². The number of hydrogen-bond acceptors (Lipinski definition) is 4. The van der Waals surface area contributed by atoms with E-state index in [0.29, 0.717) is 12.4 Å². The van der Waals surface area contributed by atoms with Gasteiger partial charge < -0.3 is 10.1 Å². The molecule has 0 atom stereocenters. The second kappa shape index (κ2) is 7.85. The number of benzene rings is 2. The third-order valence-corrected chi connectivity index (χ3v) is 6.61. The molecule has 0 bridgehead atoms. The minimum absolute atomic E-state index is 0.0859. The average Bonchev–Trinajstić information content (AvgIpc) is 2.92. The molecule has 5 heteroatoms. The van der Waals surface area contributed by atoms with Gasteiger partial charge >= 0.3 is 0 Å². The fraction of sp³-hybridized carbons (Fsp3) is 0.208. The van der Waals surface area contributed by atoms with Gasteiger partial charge in [0.15, 0.2) is 0 Å². The van der Waals surface area contributed by atoms with Crippen molar-refractivity contribution >= 4 is 21.4 Å². The fourth-order valence-corrected chi connectivity index (χ4v) is 5.15. The molecular weight excluding hydrogens is 380 g/mol. The average molecular weight is 403 g/mol. The number of ether oxygens (including phenoxy) is 1. The van der Waals surface area contributed by atoms with E-state index in [1.165, 1.54) is 20.5 Å². The van der Waals surface area contributed by atoms with Crippen LogP contribution >= 0.6 is 11.3 Å². The molecule has 1 N–H and O–H groups in total. The van der Waals surface area contributed by atoms with Gasteiger partial charge in [-0.05, 0) is 60.6 Å². The van der Waals surface area contributed by atoms with E-state index in [2.05, 4.69) is 17.4 Å². The largest absolute Gasteiger partial charge is 0.489 e. The molecule has 0 saturated heterocycles. The van der Waals surface area contributed by atoms with Crippen molar-refractivity contribution in [1.29, 1.82) is 0 Å². The van der Waals surface area contributed by atoms with Crippen molar-refractivity contribution in [3.8, 4) is 11.4 Å². The van der Waals surface area contributed by atoms with E-state index in [4.69, 9.17) is 4.74 Å².